The van der Waals surface area contributed by atoms with E-state index in [4.69, 9.17) is 10.8 Å². The molecule has 138 valence electrons. The highest BCUT2D eigenvalue weighted by Crippen LogP contribution is 2.17. The fourth-order valence-corrected chi connectivity index (χ4v) is 2.99. The summed E-state index contributed by atoms with van der Waals surface area (Å²) in [5.74, 6) is -1.82. The van der Waals surface area contributed by atoms with Crippen molar-refractivity contribution in [2.24, 2.45) is 5.73 Å². The van der Waals surface area contributed by atoms with Crippen LogP contribution in [-0.2, 0) is 21.2 Å². The first kappa shape index (κ1) is 19.3. The molecule has 1 unspecified atom stereocenters. The van der Waals surface area contributed by atoms with Gasteiger partial charge in [0, 0.05) is 12.1 Å². The van der Waals surface area contributed by atoms with Crippen molar-refractivity contribution in [1.29, 1.82) is 0 Å². The summed E-state index contributed by atoms with van der Waals surface area (Å²) < 4.78 is 38.9. The third-order valence-electron chi connectivity index (χ3n) is 3.37. The Balaban J connectivity index is 2.13. The highest BCUT2D eigenvalue weighted by Gasteiger charge is 2.19. The number of rotatable bonds is 6. The maximum absolute atomic E-state index is 12.9. The summed E-state index contributed by atoms with van der Waals surface area (Å²) in [6.07, 6.45) is -0.0590. The first-order chi connectivity index (χ1) is 12.2. The van der Waals surface area contributed by atoms with Crippen LogP contribution in [0.5, 0.6) is 0 Å². The minimum absolute atomic E-state index is 0.0590. The number of benzene rings is 2. The molecule has 26 heavy (non-hydrogen) atoms. The van der Waals surface area contributed by atoms with E-state index in [0.717, 1.165) is 24.3 Å². The van der Waals surface area contributed by atoms with Gasteiger partial charge in [-0.05, 0) is 35.9 Å². The third kappa shape index (κ3) is 5.01. The summed E-state index contributed by atoms with van der Waals surface area (Å²) >= 11 is 0. The first-order valence-electron chi connectivity index (χ1n) is 7.34. The molecule has 5 N–H and O–H groups in total. The maximum atomic E-state index is 12.9. The molecule has 0 radical (unpaired) electrons. The molecule has 0 heterocycles. The topological polar surface area (TPSA) is 139 Å². The summed E-state index contributed by atoms with van der Waals surface area (Å²) in [6, 6.07) is 7.97. The second-order valence-electron chi connectivity index (χ2n) is 5.32. The van der Waals surface area contributed by atoms with Crippen LogP contribution in [-0.4, -0.2) is 31.6 Å². The minimum atomic E-state index is -4.19. The third-order valence-corrected chi connectivity index (χ3v) is 4.72. The van der Waals surface area contributed by atoms with Gasteiger partial charge in [0.15, 0.2) is 0 Å². The molecule has 0 bridgehead atoms. The Morgan fingerprint density at radius 1 is 1.12 bits per heavy atom. The van der Waals surface area contributed by atoms with Gasteiger partial charge in [0.05, 0.1) is 4.90 Å². The number of carboxylic acids is 1. The molecule has 1 atom stereocenters. The molecule has 2 aromatic rings. The fourth-order valence-electron chi connectivity index (χ4n) is 2.09. The lowest BCUT2D eigenvalue weighted by atomic mass is 10.0. The van der Waals surface area contributed by atoms with Gasteiger partial charge in [-0.3, -0.25) is 4.79 Å². The van der Waals surface area contributed by atoms with Crippen molar-refractivity contribution in [3.8, 4) is 0 Å². The van der Waals surface area contributed by atoms with E-state index >= 15 is 0 Å². The Hall–Kier alpha value is -2.98. The van der Waals surface area contributed by atoms with E-state index in [-0.39, 0.29) is 17.0 Å². The van der Waals surface area contributed by atoms with Gasteiger partial charge in [0.25, 0.3) is 10.0 Å². The summed E-state index contributed by atoms with van der Waals surface area (Å²) in [6.45, 7) is 0. The predicted molar refractivity (Wildman–Crippen MR) is 91.5 cm³/mol. The van der Waals surface area contributed by atoms with Gasteiger partial charge in [0.1, 0.15) is 11.9 Å². The van der Waals surface area contributed by atoms with Gasteiger partial charge in [0.2, 0.25) is 0 Å². The zero-order chi connectivity index (χ0) is 19.3. The van der Waals surface area contributed by atoms with Crippen molar-refractivity contribution in [2.75, 3.05) is 5.32 Å². The average molecular weight is 381 g/mol. The highest BCUT2D eigenvalue weighted by atomic mass is 32.2. The molecule has 8 nitrogen and oxygen atoms in total. The molecular formula is C16H16FN3O5S. The molecule has 0 aliphatic carbocycles. The molecule has 0 saturated carbocycles. The lowest BCUT2D eigenvalue weighted by Gasteiger charge is -2.13. The SMILES string of the molecule is NC(Cc1ccccc1NC(=O)NS(=O)(=O)c1ccc(F)cc1)C(=O)O. The Morgan fingerprint density at radius 3 is 2.35 bits per heavy atom. The Labute approximate surface area is 148 Å². The van der Waals surface area contributed by atoms with Crippen LogP contribution in [0.15, 0.2) is 53.4 Å². The number of para-hydroxylation sites is 1. The van der Waals surface area contributed by atoms with Gasteiger partial charge >= 0.3 is 12.0 Å². The fraction of sp³-hybridized carbons (Fsp3) is 0.125. The number of carbonyl (C=O) groups is 2. The normalized spacial score (nSPS) is 12.2. The van der Waals surface area contributed by atoms with E-state index in [9.17, 15) is 22.4 Å². The van der Waals surface area contributed by atoms with Gasteiger partial charge < -0.3 is 16.2 Å². The zero-order valence-electron chi connectivity index (χ0n) is 13.3. The standard InChI is InChI=1S/C16H16FN3O5S/c17-11-5-7-12(8-6-11)26(24,25)20-16(23)19-14-4-2-1-3-10(14)9-13(18)15(21)22/h1-8,13H,9,18H2,(H,21,22)(H2,19,20,23). The van der Waals surface area contributed by atoms with Crippen LogP contribution in [0.25, 0.3) is 0 Å². The summed E-state index contributed by atoms with van der Waals surface area (Å²) in [7, 11) is -4.19. The largest absolute Gasteiger partial charge is 0.480 e. The van der Waals surface area contributed by atoms with Crippen molar-refractivity contribution < 1.29 is 27.5 Å². The molecular weight excluding hydrogens is 365 g/mol. The molecule has 2 rings (SSSR count). The Bertz CT molecular complexity index is 916. The Morgan fingerprint density at radius 2 is 1.73 bits per heavy atom. The molecule has 2 amide bonds. The number of halogens is 1. The monoisotopic (exact) mass is 381 g/mol. The van der Waals surface area contributed by atoms with Crippen LogP contribution in [0.1, 0.15) is 5.56 Å². The van der Waals surface area contributed by atoms with Gasteiger partial charge in [-0.15, -0.1) is 0 Å². The number of carboxylic acid groups (broad SMARTS) is 1. The zero-order valence-corrected chi connectivity index (χ0v) is 14.2. The number of anilines is 1. The number of sulfonamides is 1. The Kier molecular flexibility index (Phi) is 5.90. The van der Waals surface area contributed by atoms with Crippen LogP contribution in [0.3, 0.4) is 0 Å². The number of amides is 2. The van der Waals surface area contributed by atoms with Crippen molar-refractivity contribution in [2.45, 2.75) is 17.4 Å². The molecule has 0 spiro atoms. The van der Waals surface area contributed by atoms with Crippen molar-refractivity contribution in [3.05, 3.63) is 59.9 Å². The second kappa shape index (κ2) is 7.93. The number of hydrogen-bond donors (Lipinski definition) is 4. The molecule has 0 aliphatic rings. The van der Waals surface area contributed by atoms with Crippen LogP contribution in [0, 0.1) is 5.82 Å². The summed E-state index contributed by atoms with van der Waals surface area (Å²) in [5.41, 5.74) is 6.13. The van der Waals surface area contributed by atoms with Crippen LogP contribution < -0.4 is 15.8 Å². The van der Waals surface area contributed by atoms with Gasteiger partial charge in [-0.2, -0.15) is 0 Å². The van der Waals surface area contributed by atoms with Crippen molar-refractivity contribution in [3.63, 3.8) is 0 Å². The van der Waals surface area contributed by atoms with Crippen LogP contribution in [0.4, 0.5) is 14.9 Å². The van der Waals surface area contributed by atoms with Crippen LogP contribution >= 0.6 is 0 Å². The highest BCUT2D eigenvalue weighted by molar-refractivity contribution is 7.90. The lowest BCUT2D eigenvalue weighted by molar-refractivity contribution is -0.138. The lowest BCUT2D eigenvalue weighted by Crippen LogP contribution is -2.35. The first-order valence-corrected chi connectivity index (χ1v) is 8.83. The van der Waals surface area contributed by atoms with E-state index in [1.165, 1.54) is 6.07 Å². The van der Waals surface area contributed by atoms with E-state index < -0.39 is 33.9 Å². The molecule has 0 saturated heterocycles. The van der Waals surface area contributed by atoms with Crippen molar-refractivity contribution in [1.82, 2.24) is 4.72 Å². The predicted octanol–water partition coefficient (Wildman–Crippen LogP) is 1.29. The minimum Gasteiger partial charge on any atom is -0.480 e. The molecule has 10 heteroatoms. The maximum Gasteiger partial charge on any atom is 0.333 e. The van der Waals surface area contributed by atoms with Crippen LogP contribution in [0.2, 0.25) is 0 Å². The van der Waals surface area contributed by atoms with E-state index in [0.29, 0.717) is 5.56 Å². The summed E-state index contributed by atoms with van der Waals surface area (Å²) in [5, 5.41) is 11.2. The van der Waals surface area contributed by atoms with Crippen molar-refractivity contribution >= 4 is 27.7 Å². The quantitative estimate of drug-likeness (QED) is 0.595. The smallest absolute Gasteiger partial charge is 0.333 e. The number of hydrogen-bond acceptors (Lipinski definition) is 5. The number of carbonyl (C=O) groups excluding carboxylic acids is 1. The molecule has 2 aromatic carbocycles. The number of urea groups is 1. The molecule has 0 fully saturated rings. The van der Waals surface area contributed by atoms with E-state index in [2.05, 4.69) is 5.32 Å². The number of aliphatic carboxylic acids is 1. The van der Waals surface area contributed by atoms with E-state index in [1.807, 2.05) is 0 Å². The molecule has 0 aromatic heterocycles. The molecule has 0 aliphatic heterocycles. The number of nitrogens with two attached hydrogens (primary N) is 1. The van der Waals surface area contributed by atoms with E-state index in [1.54, 1.807) is 22.9 Å². The van der Waals surface area contributed by atoms with Gasteiger partial charge in [-0.1, -0.05) is 18.2 Å². The average Bonchev–Trinajstić information content (AvgIpc) is 2.56. The summed E-state index contributed by atoms with van der Waals surface area (Å²) in [4.78, 5) is 22.6. The second-order valence-corrected chi connectivity index (χ2v) is 7.00. The number of nitrogens with one attached hydrogen (secondary N) is 2. The van der Waals surface area contributed by atoms with Gasteiger partial charge in [-0.25, -0.2) is 22.3 Å².